The van der Waals surface area contributed by atoms with Crippen LogP contribution >= 0.6 is 11.3 Å². The van der Waals surface area contributed by atoms with E-state index < -0.39 is 11.1 Å². The minimum Gasteiger partial charge on any atom is -0.468 e. The van der Waals surface area contributed by atoms with Crippen LogP contribution in [0.5, 0.6) is 0 Å². The highest BCUT2D eigenvalue weighted by atomic mass is 32.1. The van der Waals surface area contributed by atoms with Crippen LogP contribution in [0, 0.1) is 0 Å². The van der Waals surface area contributed by atoms with Crippen LogP contribution in [-0.2, 0) is 6.18 Å². The van der Waals surface area contributed by atoms with Gasteiger partial charge in [-0.1, -0.05) is 11.3 Å². The summed E-state index contributed by atoms with van der Waals surface area (Å²) in [4.78, 5) is 5.39. The lowest BCUT2D eigenvalue weighted by atomic mass is 10.2. The minimum absolute atomic E-state index is 0.00994. The predicted octanol–water partition coefficient (Wildman–Crippen LogP) is 4.00. The lowest BCUT2D eigenvalue weighted by molar-refractivity contribution is -0.134. The van der Waals surface area contributed by atoms with E-state index in [2.05, 4.69) is 15.2 Å². The second kappa shape index (κ2) is 6.29. The van der Waals surface area contributed by atoms with E-state index in [-0.39, 0.29) is 11.2 Å². The van der Waals surface area contributed by atoms with Crippen molar-refractivity contribution in [3.8, 4) is 0 Å². The van der Waals surface area contributed by atoms with E-state index in [1.54, 1.807) is 6.26 Å². The van der Waals surface area contributed by atoms with Gasteiger partial charge in [0, 0.05) is 6.54 Å². The molecule has 3 heterocycles. The van der Waals surface area contributed by atoms with Gasteiger partial charge in [-0.3, -0.25) is 4.90 Å². The first-order valence-electron chi connectivity index (χ1n) is 7.08. The Morgan fingerprint density at radius 1 is 1.36 bits per heavy atom. The van der Waals surface area contributed by atoms with Crippen LogP contribution in [0.4, 0.5) is 18.3 Å². The largest absolute Gasteiger partial charge is 0.468 e. The molecule has 0 aromatic carbocycles. The Morgan fingerprint density at radius 3 is 2.73 bits per heavy atom. The molecule has 22 heavy (non-hydrogen) atoms. The summed E-state index contributed by atoms with van der Waals surface area (Å²) in [6, 6.07) is 3.73. The zero-order valence-corrected chi connectivity index (χ0v) is 12.6. The maximum absolute atomic E-state index is 12.6. The van der Waals surface area contributed by atoms with Gasteiger partial charge in [0.15, 0.2) is 5.13 Å². The quantitative estimate of drug-likeness (QED) is 0.899. The second-order valence-electron chi connectivity index (χ2n) is 5.18. The molecular weight excluding hydrogens is 315 g/mol. The Kier molecular flexibility index (Phi) is 4.39. The summed E-state index contributed by atoms with van der Waals surface area (Å²) in [5.41, 5.74) is 0. The molecule has 3 rings (SSSR count). The Morgan fingerprint density at radius 2 is 2.14 bits per heavy atom. The van der Waals surface area contributed by atoms with Gasteiger partial charge in [-0.2, -0.15) is 13.2 Å². The molecule has 1 N–H and O–H groups in total. The van der Waals surface area contributed by atoms with Gasteiger partial charge < -0.3 is 9.73 Å². The average molecular weight is 331 g/mol. The van der Waals surface area contributed by atoms with Crippen molar-refractivity contribution in [2.75, 3.05) is 25.0 Å². The molecule has 1 aliphatic heterocycles. The molecule has 4 nitrogen and oxygen atoms in total. The zero-order valence-electron chi connectivity index (χ0n) is 11.8. The standard InChI is InChI=1S/C14H16F3N3OS/c15-14(16,17)12-9-19-13(22-12)18-8-10(11-4-3-7-21-11)20-5-1-2-6-20/h3-4,7,9-10H,1-2,5-6,8H2,(H,18,19). The van der Waals surface area contributed by atoms with E-state index in [4.69, 9.17) is 4.42 Å². The molecule has 0 amide bonds. The summed E-state index contributed by atoms with van der Waals surface area (Å²) >= 11 is 0.625. The molecule has 0 bridgehead atoms. The van der Waals surface area contributed by atoms with Crippen molar-refractivity contribution in [2.45, 2.75) is 25.1 Å². The van der Waals surface area contributed by atoms with E-state index in [0.29, 0.717) is 17.9 Å². The first-order chi connectivity index (χ1) is 10.5. The molecule has 0 spiro atoms. The van der Waals surface area contributed by atoms with Gasteiger partial charge in [0.05, 0.1) is 18.5 Å². The number of alkyl halides is 3. The van der Waals surface area contributed by atoms with E-state index in [1.165, 1.54) is 0 Å². The highest BCUT2D eigenvalue weighted by molar-refractivity contribution is 7.15. The molecule has 2 aromatic heterocycles. The van der Waals surface area contributed by atoms with Crippen molar-refractivity contribution in [1.29, 1.82) is 0 Å². The van der Waals surface area contributed by atoms with Crippen LogP contribution in [0.15, 0.2) is 29.0 Å². The number of likely N-dealkylation sites (tertiary alicyclic amines) is 1. The van der Waals surface area contributed by atoms with Crippen molar-refractivity contribution in [3.05, 3.63) is 35.2 Å². The monoisotopic (exact) mass is 331 g/mol. The number of rotatable bonds is 5. The molecule has 0 radical (unpaired) electrons. The van der Waals surface area contributed by atoms with Gasteiger partial charge >= 0.3 is 6.18 Å². The molecule has 120 valence electrons. The summed E-state index contributed by atoms with van der Waals surface area (Å²) in [7, 11) is 0. The fourth-order valence-electron chi connectivity index (χ4n) is 2.61. The highest BCUT2D eigenvalue weighted by Crippen LogP contribution is 2.35. The smallest absolute Gasteiger partial charge is 0.427 e. The normalized spacial score (nSPS) is 17.8. The summed E-state index contributed by atoms with van der Waals surface area (Å²) < 4.78 is 43.2. The molecule has 0 aliphatic carbocycles. The van der Waals surface area contributed by atoms with Crippen molar-refractivity contribution < 1.29 is 17.6 Å². The minimum atomic E-state index is -4.34. The van der Waals surface area contributed by atoms with Crippen LogP contribution in [0.3, 0.4) is 0 Å². The average Bonchev–Trinajstić information content (AvgIpc) is 3.22. The number of halogens is 3. The molecule has 1 atom stereocenters. The summed E-state index contributed by atoms with van der Waals surface area (Å²) in [6.45, 7) is 2.41. The van der Waals surface area contributed by atoms with Crippen LogP contribution in [0.1, 0.15) is 29.5 Å². The topological polar surface area (TPSA) is 41.3 Å². The molecule has 1 fully saturated rings. The summed E-state index contributed by atoms with van der Waals surface area (Å²) in [5.74, 6) is 0.821. The fourth-order valence-corrected chi connectivity index (χ4v) is 3.31. The number of aromatic nitrogens is 1. The Bertz CT molecular complexity index is 591. The van der Waals surface area contributed by atoms with Gasteiger partial charge in [0.1, 0.15) is 10.6 Å². The molecule has 1 saturated heterocycles. The van der Waals surface area contributed by atoms with E-state index in [1.807, 2.05) is 12.1 Å². The number of furan rings is 1. The maximum atomic E-state index is 12.6. The van der Waals surface area contributed by atoms with Crippen molar-refractivity contribution in [1.82, 2.24) is 9.88 Å². The first kappa shape index (κ1) is 15.4. The van der Waals surface area contributed by atoms with Crippen molar-refractivity contribution >= 4 is 16.5 Å². The number of nitrogens with one attached hydrogen (secondary N) is 1. The lowest BCUT2D eigenvalue weighted by Gasteiger charge is -2.25. The molecule has 8 heteroatoms. The second-order valence-corrected chi connectivity index (χ2v) is 6.21. The number of hydrogen-bond acceptors (Lipinski definition) is 5. The lowest BCUT2D eigenvalue weighted by Crippen LogP contribution is -2.30. The maximum Gasteiger partial charge on any atom is 0.427 e. The van der Waals surface area contributed by atoms with Crippen LogP contribution in [0.2, 0.25) is 0 Å². The van der Waals surface area contributed by atoms with Crippen molar-refractivity contribution in [2.24, 2.45) is 0 Å². The Hall–Kier alpha value is -1.54. The van der Waals surface area contributed by atoms with Gasteiger partial charge in [-0.15, -0.1) is 0 Å². The van der Waals surface area contributed by atoms with Crippen LogP contribution in [-0.4, -0.2) is 29.5 Å². The first-order valence-corrected chi connectivity index (χ1v) is 7.90. The van der Waals surface area contributed by atoms with E-state index in [0.717, 1.165) is 37.9 Å². The zero-order chi connectivity index (χ0) is 15.6. The third kappa shape index (κ3) is 3.44. The Balaban J connectivity index is 1.67. The van der Waals surface area contributed by atoms with Gasteiger partial charge in [-0.25, -0.2) is 4.98 Å². The summed E-state index contributed by atoms with van der Waals surface area (Å²) in [6.07, 6.45) is 0.403. The van der Waals surface area contributed by atoms with Crippen LogP contribution < -0.4 is 5.32 Å². The highest BCUT2D eigenvalue weighted by Gasteiger charge is 2.33. The molecule has 1 unspecified atom stereocenters. The number of thiazole rings is 1. The van der Waals surface area contributed by atoms with Gasteiger partial charge in [0.25, 0.3) is 0 Å². The predicted molar refractivity (Wildman–Crippen MR) is 77.9 cm³/mol. The summed E-state index contributed by atoms with van der Waals surface area (Å²) in [5, 5.41) is 3.29. The molecule has 0 saturated carbocycles. The third-order valence-electron chi connectivity index (χ3n) is 3.68. The van der Waals surface area contributed by atoms with Crippen LogP contribution in [0.25, 0.3) is 0 Å². The van der Waals surface area contributed by atoms with E-state index >= 15 is 0 Å². The van der Waals surface area contributed by atoms with E-state index in [9.17, 15) is 13.2 Å². The fraction of sp³-hybridized carbons (Fsp3) is 0.500. The van der Waals surface area contributed by atoms with Gasteiger partial charge in [-0.05, 0) is 38.1 Å². The van der Waals surface area contributed by atoms with Gasteiger partial charge in [0.2, 0.25) is 0 Å². The molecule has 2 aromatic rings. The molecule has 1 aliphatic rings. The number of hydrogen-bond donors (Lipinski definition) is 1. The third-order valence-corrected chi connectivity index (χ3v) is 4.68. The number of nitrogens with zero attached hydrogens (tertiary/aromatic N) is 2. The Labute approximate surface area is 129 Å². The van der Waals surface area contributed by atoms with Crippen molar-refractivity contribution in [3.63, 3.8) is 0 Å². The number of anilines is 1. The molecular formula is C14H16F3N3OS. The SMILES string of the molecule is FC(F)(F)c1cnc(NCC(c2ccco2)N2CCCC2)s1.